The molecular weight excluding hydrogens is 202 g/mol. The molecule has 1 aliphatic rings. The molecule has 4 nitrogen and oxygen atoms in total. The van der Waals surface area contributed by atoms with Crippen molar-refractivity contribution in [3.05, 3.63) is 23.9 Å². The number of hydrogen-bond acceptors (Lipinski definition) is 4. The lowest BCUT2D eigenvalue weighted by Gasteiger charge is -2.40. The van der Waals surface area contributed by atoms with Gasteiger partial charge in [0.1, 0.15) is 11.6 Å². The van der Waals surface area contributed by atoms with Crippen LogP contribution in [-0.2, 0) is 0 Å². The maximum atomic E-state index is 8.88. The van der Waals surface area contributed by atoms with Crippen LogP contribution in [0.1, 0.15) is 24.8 Å². The number of pyridine rings is 1. The van der Waals surface area contributed by atoms with Crippen molar-refractivity contribution >= 4 is 0 Å². The molecule has 1 heterocycles. The summed E-state index contributed by atoms with van der Waals surface area (Å²) >= 11 is 0. The lowest BCUT2D eigenvalue weighted by Crippen LogP contribution is -2.42. The average Bonchev–Trinajstić information content (AvgIpc) is 2.29. The Morgan fingerprint density at radius 1 is 1.56 bits per heavy atom. The summed E-state index contributed by atoms with van der Waals surface area (Å²) in [7, 11) is 0. The van der Waals surface area contributed by atoms with Gasteiger partial charge in [0.05, 0.1) is 6.61 Å². The number of aromatic nitrogens is 1. The lowest BCUT2D eigenvalue weighted by atomic mass is 9.69. The van der Waals surface area contributed by atoms with Crippen LogP contribution in [0.4, 0.5) is 0 Å². The van der Waals surface area contributed by atoms with Gasteiger partial charge in [0, 0.05) is 18.2 Å². The van der Waals surface area contributed by atoms with Crippen molar-refractivity contribution < 1.29 is 4.74 Å². The van der Waals surface area contributed by atoms with Crippen LogP contribution in [0.3, 0.4) is 0 Å². The minimum absolute atomic E-state index is 0.115. The molecule has 0 bridgehead atoms. The van der Waals surface area contributed by atoms with E-state index in [0.29, 0.717) is 24.6 Å². The third-order valence-electron chi connectivity index (χ3n) is 3.25. The molecule has 0 atom stereocenters. The van der Waals surface area contributed by atoms with Crippen LogP contribution in [-0.4, -0.2) is 18.1 Å². The Morgan fingerprint density at radius 3 is 2.94 bits per heavy atom. The molecule has 84 valence electrons. The molecule has 0 radical (unpaired) electrons. The maximum Gasteiger partial charge on any atom is 0.231 e. The largest absolute Gasteiger partial charge is 0.476 e. The second kappa shape index (κ2) is 4.50. The highest BCUT2D eigenvalue weighted by molar-refractivity contribution is 5.37. The van der Waals surface area contributed by atoms with E-state index in [4.69, 9.17) is 15.7 Å². The molecule has 1 aromatic heterocycles. The SMILES string of the molecule is N#Cc1cccnc1OCC1(CN)CCC1. The van der Waals surface area contributed by atoms with Crippen molar-refractivity contribution in [2.24, 2.45) is 11.1 Å². The van der Waals surface area contributed by atoms with Gasteiger partial charge in [0.25, 0.3) is 0 Å². The van der Waals surface area contributed by atoms with Gasteiger partial charge in [-0.1, -0.05) is 6.42 Å². The smallest absolute Gasteiger partial charge is 0.231 e. The highest BCUT2D eigenvalue weighted by Crippen LogP contribution is 2.40. The second-order valence-electron chi connectivity index (χ2n) is 4.31. The first kappa shape index (κ1) is 10.9. The molecule has 0 aromatic carbocycles. The predicted octanol–water partition coefficient (Wildman–Crippen LogP) is 1.46. The highest BCUT2D eigenvalue weighted by Gasteiger charge is 2.36. The molecule has 0 aliphatic heterocycles. The van der Waals surface area contributed by atoms with E-state index in [9.17, 15) is 0 Å². The van der Waals surface area contributed by atoms with E-state index in [1.54, 1.807) is 18.3 Å². The van der Waals surface area contributed by atoms with E-state index in [1.807, 2.05) is 0 Å². The fraction of sp³-hybridized carbons (Fsp3) is 0.500. The molecule has 2 N–H and O–H groups in total. The second-order valence-corrected chi connectivity index (χ2v) is 4.31. The molecule has 0 spiro atoms. The Balaban J connectivity index is 2.02. The Bertz CT molecular complexity index is 401. The first-order chi connectivity index (χ1) is 7.79. The zero-order valence-electron chi connectivity index (χ0n) is 9.15. The van der Waals surface area contributed by atoms with E-state index < -0.39 is 0 Å². The van der Waals surface area contributed by atoms with Crippen LogP contribution in [0.25, 0.3) is 0 Å². The first-order valence-corrected chi connectivity index (χ1v) is 5.48. The summed E-state index contributed by atoms with van der Waals surface area (Å²) in [6, 6.07) is 5.50. The molecule has 1 fully saturated rings. The van der Waals surface area contributed by atoms with Crippen LogP contribution in [0.15, 0.2) is 18.3 Å². The minimum atomic E-state index is 0.115. The molecule has 16 heavy (non-hydrogen) atoms. The number of nitrogens with zero attached hydrogens (tertiary/aromatic N) is 2. The van der Waals surface area contributed by atoms with Crippen molar-refractivity contribution in [2.45, 2.75) is 19.3 Å². The molecular formula is C12H15N3O. The average molecular weight is 217 g/mol. The molecule has 1 aromatic rings. The molecule has 2 rings (SSSR count). The molecule has 0 saturated heterocycles. The summed E-state index contributed by atoms with van der Waals surface area (Å²) in [5.74, 6) is 0.421. The summed E-state index contributed by atoms with van der Waals surface area (Å²) in [4.78, 5) is 4.06. The summed E-state index contributed by atoms with van der Waals surface area (Å²) in [5.41, 5.74) is 6.33. The zero-order valence-corrected chi connectivity index (χ0v) is 9.15. The van der Waals surface area contributed by atoms with Crippen molar-refractivity contribution in [1.82, 2.24) is 4.98 Å². The number of rotatable bonds is 4. The summed E-state index contributed by atoms with van der Waals surface area (Å²) < 4.78 is 5.61. The third kappa shape index (κ3) is 2.00. The Kier molecular flexibility index (Phi) is 3.07. The van der Waals surface area contributed by atoms with Gasteiger partial charge in [-0.3, -0.25) is 0 Å². The van der Waals surface area contributed by atoms with Crippen LogP contribution in [0.2, 0.25) is 0 Å². The zero-order chi connectivity index (χ0) is 11.4. The molecule has 0 unspecified atom stereocenters. The molecule has 0 amide bonds. The normalized spacial score (nSPS) is 17.2. The molecule has 1 aliphatic carbocycles. The number of nitriles is 1. The summed E-state index contributed by atoms with van der Waals surface area (Å²) in [6.07, 6.45) is 5.07. The van der Waals surface area contributed by atoms with Crippen molar-refractivity contribution in [3.8, 4) is 11.9 Å². The number of ether oxygens (including phenoxy) is 1. The van der Waals surface area contributed by atoms with Crippen molar-refractivity contribution in [1.29, 1.82) is 5.26 Å². The Labute approximate surface area is 95.0 Å². The molecule has 4 heteroatoms. The number of hydrogen-bond donors (Lipinski definition) is 1. The maximum absolute atomic E-state index is 8.88. The highest BCUT2D eigenvalue weighted by atomic mass is 16.5. The minimum Gasteiger partial charge on any atom is -0.476 e. The number of nitrogens with two attached hydrogens (primary N) is 1. The van der Waals surface area contributed by atoms with Gasteiger partial charge in [-0.05, 0) is 25.0 Å². The van der Waals surface area contributed by atoms with Gasteiger partial charge in [-0.2, -0.15) is 5.26 Å². The summed E-state index contributed by atoms with van der Waals surface area (Å²) in [5, 5.41) is 8.88. The van der Waals surface area contributed by atoms with Crippen LogP contribution in [0.5, 0.6) is 5.88 Å². The van der Waals surface area contributed by atoms with E-state index >= 15 is 0 Å². The fourth-order valence-electron chi connectivity index (χ4n) is 1.90. The van der Waals surface area contributed by atoms with Gasteiger partial charge in [0.15, 0.2) is 0 Å². The Hall–Kier alpha value is -1.60. The van der Waals surface area contributed by atoms with Crippen LogP contribution in [0, 0.1) is 16.7 Å². The van der Waals surface area contributed by atoms with Crippen LogP contribution < -0.4 is 10.5 Å². The quantitative estimate of drug-likeness (QED) is 0.828. The summed E-state index contributed by atoms with van der Waals surface area (Å²) in [6.45, 7) is 1.21. The van der Waals surface area contributed by atoms with E-state index in [0.717, 1.165) is 12.8 Å². The van der Waals surface area contributed by atoms with Crippen molar-refractivity contribution in [2.75, 3.05) is 13.2 Å². The van der Waals surface area contributed by atoms with E-state index in [1.165, 1.54) is 6.42 Å². The van der Waals surface area contributed by atoms with Gasteiger partial charge >= 0.3 is 0 Å². The van der Waals surface area contributed by atoms with Gasteiger partial charge in [-0.15, -0.1) is 0 Å². The lowest BCUT2D eigenvalue weighted by molar-refractivity contribution is 0.0641. The van der Waals surface area contributed by atoms with Gasteiger partial charge in [-0.25, -0.2) is 4.98 Å². The van der Waals surface area contributed by atoms with Gasteiger partial charge < -0.3 is 10.5 Å². The first-order valence-electron chi connectivity index (χ1n) is 5.48. The van der Waals surface area contributed by atoms with Crippen molar-refractivity contribution in [3.63, 3.8) is 0 Å². The predicted molar refractivity (Wildman–Crippen MR) is 59.8 cm³/mol. The van der Waals surface area contributed by atoms with Gasteiger partial charge in [0.2, 0.25) is 5.88 Å². The third-order valence-corrected chi connectivity index (χ3v) is 3.25. The topological polar surface area (TPSA) is 71.9 Å². The standard InChI is InChI=1S/C12H15N3O/c13-7-10-3-1-6-15-11(10)16-9-12(8-14)4-2-5-12/h1,3,6H,2,4-5,8-9,14H2. The van der Waals surface area contributed by atoms with E-state index in [-0.39, 0.29) is 5.41 Å². The van der Waals surface area contributed by atoms with Crippen LogP contribution >= 0.6 is 0 Å². The molecule has 1 saturated carbocycles. The fourth-order valence-corrected chi connectivity index (χ4v) is 1.90. The van der Waals surface area contributed by atoms with E-state index in [2.05, 4.69) is 11.1 Å². The monoisotopic (exact) mass is 217 g/mol. The Morgan fingerprint density at radius 2 is 2.38 bits per heavy atom.